The molecule has 0 saturated carbocycles. The first-order valence-electron chi connectivity index (χ1n) is 7.44. The van der Waals surface area contributed by atoms with Crippen LogP contribution in [0.4, 0.5) is 4.39 Å². The van der Waals surface area contributed by atoms with Gasteiger partial charge in [-0.2, -0.15) is 4.31 Å². The molecule has 2 aromatic rings. The van der Waals surface area contributed by atoms with E-state index < -0.39 is 15.8 Å². The van der Waals surface area contributed by atoms with Crippen LogP contribution in [0.25, 0.3) is 0 Å². The molecule has 0 radical (unpaired) electrons. The molecule has 1 aliphatic rings. The van der Waals surface area contributed by atoms with Crippen molar-refractivity contribution in [1.82, 2.24) is 14.2 Å². The van der Waals surface area contributed by atoms with Crippen molar-refractivity contribution in [3.8, 4) is 0 Å². The molecule has 0 bridgehead atoms. The number of amides is 1. The lowest BCUT2D eigenvalue weighted by Gasteiger charge is -2.33. The number of sulfonamides is 1. The molecule has 0 N–H and O–H groups in total. The van der Waals surface area contributed by atoms with Crippen LogP contribution >= 0.6 is 0 Å². The largest absolute Gasteiger partial charge is 0.335 e. The van der Waals surface area contributed by atoms with E-state index in [0.29, 0.717) is 5.69 Å². The second-order valence-corrected chi connectivity index (χ2v) is 7.31. The first-order valence-corrected chi connectivity index (χ1v) is 8.88. The van der Waals surface area contributed by atoms with E-state index in [1.54, 1.807) is 23.1 Å². The maximum Gasteiger partial charge on any atom is 0.272 e. The van der Waals surface area contributed by atoms with Crippen LogP contribution in [0, 0.1) is 5.82 Å². The average molecular weight is 349 g/mol. The maximum absolute atomic E-state index is 13.3. The van der Waals surface area contributed by atoms with Gasteiger partial charge in [0.25, 0.3) is 5.91 Å². The molecule has 0 aliphatic carbocycles. The summed E-state index contributed by atoms with van der Waals surface area (Å²) in [5.74, 6) is -0.821. The van der Waals surface area contributed by atoms with Crippen LogP contribution in [0.3, 0.4) is 0 Å². The summed E-state index contributed by atoms with van der Waals surface area (Å²) in [6.45, 7) is 0.864. The summed E-state index contributed by atoms with van der Waals surface area (Å²) < 4.78 is 39.6. The summed E-state index contributed by atoms with van der Waals surface area (Å²) in [7, 11) is -3.76. The molecular weight excluding hydrogens is 333 g/mol. The molecule has 1 fully saturated rings. The van der Waals surface area contributed by atoms with Crippen LogP contribution in [0.15, 0.2) is 53.6 Å². The van der Waals surface area contributed by atoms with Crippen LogP contribution in [0.5, 0.6) is 0 Å². The summed E-state index contributed by atoms with van der Waals surface area (Å²) in [5.41, 5.74) is 0.332. The zero-order valence-corrected chi connectivity index (χ0v) is 13.6. The summed E-state index contributed by atoms with van der Waals surface area (Å²) in [4.78, 5) is 17.8. The van der Waals surface area contributed by atoms with E-state index in [-0.39, 0.29) is 37.0 Å². The Morgan fingerprint density at radius 1 is 1.04 bits per heavy atom. The second-order valence-electron chi connectivity index (χ2n) is 5.37. The third kappa shape index (κ3) is 3.29. The van der Waals surface area contributed by atoms with E-state index in [1.807, 2.05) is 0 Å². The number of aromatic nitrogens is 1. The number of nitrogens with zero attached hydrogens (tertiary/aromatic N) is 3. The predicted octanol–water partition coefficient (Wildman–Crippen LogP) is 1.37. The van der Waals surface area contributed by atoms with Gasteiger partial charge in [-0.25, -0.2) is 12.8 Å². The molecule has 1 saturated heterocycles. The summed E-state index contributed by atoms with van der Waals surface area (Å²) in [6, 6.07) is 10.00. The van der Waals surface area contributed by atoms with Crippen LogP contribution in [0.2, 0.25) is 0 Å². The van der Waals surface area contributed by atoms with Gasteiger partial charge in [0.1, 0.15) is 11.5 Å². The van der Waals surface area contributed by atoms with Gasteiger partial charge in [-0.1, -0.05) is 12.1 Å². The van der Waals surface area contributed by atoms with Crippen molar-refractivity contribution in [3.63, 3.8) is 0 Å². The normalized spacial score (nSPS) is 16.1. The number of carbonyl (C=O) groups is 1. The summed E-state index contributed by atoms with van der Waals surface area (Å²) in [5, 5.41) is 0. The highest BCUT2D eigenvalue weighted by Crippen LogP contribution is 2.19. The van der Waals surface area contributed by atoms with Crippen LogP contribution in [-0.2, 0) is 10.0 Å². The predicted molar refractivity (Wildman–Crippen MR) is 85.3 cm³/mol. The highest BCUT2D eigenvalue weighted by Gasteiger charge is 2.30. The van der Waals surface area contributed by atoms with Gasteiger partial charge in [0, 0.05) is 32.4 Å². The quantitative estimate of drug-likeness (QED) is 0.839. The fraction of sp³-hybridized carbons (Fsp3) is 0.250. The molecule has 8 heteroatoms. The molecule has 6 nitrogen and oxygen atoms in total. The van der Waals surface area contributed by atoms with Crippen LogP contribution < -0.4 is 0 Å². The molecule has 1 aromatic carbocycles. The smallest absolute Gasteiger partial charge is 0.272 e. The minimum atomic E-state index is -3.76. The van der Waals surface area contributed by atoms with E-state index >= 15 is 0 Å². The fourth-order valence-electron chi connectivity index (χ4n) is 2.56. The number of benzene rings is 1. The lowest BCUT2D eigenvalue weighted by atomic mass is 10.3. The monoisotopic (exact) mass is 349 g/mol. The van der Waals surface area contributed by atoms with Gasteiger partial charge in [0.15, 0.2) is 0 Å². The van der Waals surface area contributed by atoms with Gasteiger partial charge < -0.3 is 4.90 Å². The SMILES string of the molecule is O=C(c1ccccn1)N1CCN(S(=O)(=O)c2cccc(F)c2)CC1. The van der Waals surface area contributed by atoms with E-state index in [4.69, 9.17) is 0 Å². The van der Waals surface area contributed by atoms with Gasteiger partial charge >= 0.3 is 0 Å². The Bertz CT molecular complexity index is 835. The Kier molecular flexibility index (Phi) is 4.59. The van der Waals surface area contributed by atoms with Crippen molar-refractivity contribution in [3.05, 3.63) is 60.2 Å². The number of rotatable bonds is 3. The number of piperazine rings is 1. The summed E-state index contributed by atoms with van der Waals surface area (Å²) in [6.07, 6.45) is 1.54. The van der Waals surface area contributed by atoms with Crippen molar-refractivity contribution < 1.29 is 17.6 Å². The Morgan fingerprint density at radius 2 is 1.79 bits per heavy atom. The van der Waals surface area contributed by atoms with Crippen molar-refractivity contribution in [2.24, 2.45) is 0 Å². The zero-order valence-electron chi connectivity index (χ0n) is 12.8. The molecule has 2 heterocycles. The Balaban J connectivity index is 1.70. The first kappa shape index (κ1) is 16.5. The number of hydrogen-bond donors (Lipinski definition) is 0. The van der Waals surface area contributed by atoms with Gasteiger partial charge in [0.2, 0.25) is 10.0 Å². The Labute approximate surface area is 139 Å². The van der Waals surface area contributed by atoms with E-state index in [9.17, 15) is 17.6 Å². The van der Waals surface area contributed by atoms with Gasteiger partial charge in [0.05, 0.1) is 4.90 Å². The molecule has 24 heavy (non-hydrogen) atoms. The lowest BCUT2D eigenvalue weighted by Crippen LogP contribution is -2.50. The second kappa shape index (κ2) is 6.66. The zero-order chi connectivity index (χ0) is 17.2. The number of pyridine rings is 1. The number of carbonyl (C=O) groups excluding carboxylic acids is 1. The average Bonchev–Trinajstić information content (AvgIpc) is 2.62. The van der Waals surface area contributed by atoms with Crippen molar-refractivity contribution in [2.75, 3.05) is 26.2 Å². The molecule has 1 aliphatic heterocycles. The highest BCUT2D eigenvalue weighted by atomic mass is 32.2. The maximum atomic E-state index is 13.3. The Morgan fingerprint density at radius 3 is 2.42 bits per heavy atom. The minimum absolute atomic E-state index is 0.0768. The lowest BCUT2D eigenvalue weighted by molar-refractivity contribution is 0.0692. The molecule has 0 atom stereocenters. The van der Waals surface area contributed by atoms with Crippen LogP contribution in [0.1, 0.15) is 10.5 Å². The van der Waals surface area contributed by atoms with E-state index in [0.717, 1.165) is 6.07 Å². The first-order chi connectivity index (χ1) is 11.5. The number of hydrogen-bond acceptors (Lipinski definition) is 4. The van der Waals surface area contributed by atoms with Gasteiger partial charge in [-0.3, -0.25) is 9.78 Å². The number of halogens is 1. The topological polar surface area (TPSA) is 70.6 Å². The Hall–Kier alpha value is -2.32. The van der Waals surface area contributed by atoms with E-state index in [2.05, 4.69) is 4.98 Å². The molecule has 0 unspecified atom stereocenters. The third-order valence-corrected chi connectivity index (χ3v) is 5.74. The van der Waals surface area contributed by atoms with Crippen molar-refractivity contribution >= 4 is 15.9 Å². The molecule has 3 rings (SSSR count). The van der Waals surface area contributed by atoms with E-state index in [1.165, 1.54) is 28.7 Å². The van der Waals surface area contributed by atoms with Crippen LogP contribution in [-0.4, -0.2) is 54.7 Å². The molecule has 0 spiro atoms. The summed E-state index contributed by atoms with van der Waals surface area (Å²) >= 11 is 0. The fourth-order valence-corrected chi connectivity index (χ4v) is 4.01. The highest BCUT2D eigenvalue weighted by molar-refractivity contribution is 7.89. The van der Waals surface area contributed by atoms with Gasteiger partial charge in [-0.05, 0) is 30.3 Å². The van der Waals surface area contributed by atoms with Gasteiger partial charge in [-0.15, -0.1) is 0 Å². The van der Waals surface area contributed by atoms with Crippen molar-refractivity contribution in [2.45, 2.75) is 4.90 Å². The molecule has 1 aromatic heterocycles. The minimum Gasteiger partial charge on any atom is -0.335 e. The molecular formula is C16H16FN3O3S. The standard InChI is InChI=1S/C16H16FN3O3S/c17-13-4-3-5-14(12-13)24(22,23)20-10-8-19(9-11-20)16(21)15-6-1-2-7-18-15/h1-7,12H,8-11H2. The van der Waals surface area contributed by atoms with Crippen molar-refractivity contribution in [1.29, 1.82) is 0 Å². The molecule has 1 amide bonds. The molecule has 126 valence electrons. The third-order valence-electron chi connectivity index (χ3n) is 3.84.